The average Bonchev–Trinajstić information content (AvgIpc) is 2.31. The van der Waals surface area contributed by atoms with Crippen LogP contribution in [0.25, 0.3) is 0 Å². The maximum Gasteiger partial charge on any atom is 0.125 e. The molecule has 2 nitrogen and oxygen atoms in total. The van der Waals surface area contributed by atoms with Crippen LogP contribution < -0.4 is 4.90 Å². The van der Waals surface area contributed by atoms with Gasteiger partial charge in [0.25, 0.3) is 0 Å². The topological polar surface area (TPSA) is 27.0 Å². The SMILES string of the molecule is CC1(C)C(CC#N)CCCN1c1cccc(F)c1. The van der Waals surface area contributed by atoms with E-state index in [-0.39, 0.29) is 11.4 Å². The molecule has 1 aromatic carbocycles. The number of rotatable bonds is 2. The lowest BCUT2D eigenvalue weighted by Gasteiger charge is -2.49. The third-order valence-electron chi connectivity index (χ3n) is 4.09. The predicted octanol–water partition coefficient (Wildman–Crippen LogP) is 3.73. The fraction of sp³-hybridized carbons (Fsp3) is 0.533. The minimum absolute atomic E-state index is 0.0955. The minimum atomic E-state index is -0.203. The second kappa shape index (κ2) is 4.97. The van der Waals surface area contributed by atoms with Gasteiger partial charge in [-0.25, -0.2) is 4.39 Å². The molecule has 1 heterocycles. The Morgan fingerprint density at radius 1 is 1.50 bits per heavy atom. The Morgan fingerprint density at radius 3 is 2.94 bits per heavy atom. The van der Waals surface area contributed by atoms with Crippen LogP contribution in [-0.2, 0) is 0 Å². The molecule has 0 radical (unpaired) electrons. The van der Waals surface area contributed by atoms with E-state index in [4.69, 9.17) is 5.26 Å². The molecule has 18 heavy (non-hydrogen) atoms. The van der Waals surface area contributed by atoms with Crippen molar-refractivity contribution in [2.24, 2.45) is 5.92 Å². The van der Waals surface area contributed by atoms with Crippen LogP contribution in [0.2, 0.25) is 0 Å². The summed E-state index contributed by atoms with van der Waals surface area (Å²) in [5.41, 5.74) is 0.824. The van der Waals surface area contributed by atoms with E-state index in [1.54, 1.807) is 12.1 Å². The molecule has 1 fully saturated rings. The van der Waals surface area contributed by atoms with Crippen LogP contribution in [0.1, 0.15) is 33.1 Å². The normalized spacial score (nSPS) is 22.6. The Hall–Kier alpha value is -1.56. The van der Waals surface area contributed by atoms with Gasteiger partial charge in [0.15, 0.2) is 0 Å². The summed E-state index contributed by atoms with van der Waals surface area (Å²) in [7, 11) is 0. The number of hydrogen-bond acceptors (Lipinski definition) is 2. The Labute approximate surface area is 108 Å². The van der Waals surface area contributed by atoms with Crippen molar-refractivity contribution in [3.63, 3.8) is 0 Å². The minimum Gasteiger partial charge on any atom is -0.366 e. The lowest BCUT2D eigenvalue weighted by atomic mass is 9.77. The molecule has 0 amide bonds. The van der Waals surface area contributed by atoms with Crippen LogP contribution in [0.3, 0.4) is 0 Å². The quantitative estimate of drug-likeness (QED) is 0.795. The van der Waals surface area contributed by atoms with E-state index in [1.807, 2.05) is 6.07 Å². The molecular formula is C15H19FN2. The highest BCUT2D eigenvalue weighted by atomic mass is 19.1. The first-order valence-electron chi connectivity index (χ1n) is 6.46. The number of nitrogens with zero attached hydrogens (tertiary/aromatic N) is 2. The highest BCUT2D eigenvalue weighted by Gasteiger charge is 2.38. The van der Waals surface area contributed by atoms with Crippen molar-refractivity contribution in [3.8, 4) is 6.07 Å². The van der Waals surface area contributed by atoms with E-state index in [1.165, 1.54) is 6.07 Å². The van der Waals surface area contributed by atoms with Crippen LogP contribution in [0.4, 0.5) is 10.1 Å². The fourth-order valence-corrected chi connectivity index (χ4v) is 2.93. The maximum absolute atomic E-state index is 13.3. The fourth-order valence-electron chi connectivity index (χ4n) is 2.93. The van der Waals surface area contributed by atoms with E-state index < -0.39 is 0 Å². The van der Waals surface area contributed by atoms with Gasteiger partial charge in [0, 0.05) is 24.2 Å². The summed E-state index contributed by atoms with van der Waals surface area (Å²) in [6, 6.07) is 9.01. The third kappa shape index (κ3) is 2.33. The summed E-state index contributed by atoms with van der Waals surface area (Å²) in [4.78, 5) is 2.24. The van der Waals surface area contributed by atoms with E-state index in [9.17, 15) is 4.39 Å². The van der Waals surface area contributed by atoms with E-state index >= 15 is 0 Å². The molecular weight excluding hydrogens is 227 g/mol. The van der Waals surface area contributed by atoms with Crippen LogP contribution in [-0.4, -0.2) is 12.1 Å². The number of anilines is 1. The lowest BCUT2D eigenvalue weighted by molar-refractivity contribution is 0.241. The first-order chi connectivity index (χ1) is 8.55. The van der Waals surface area contributed by atoms with E-state index in [2.05, 4.69) is 24.8 Å². The zero-order valence-corrected chi connectivity index (χ0v) is 11.0. The van der Waals surface area contributed by atoms with Gasteiger partial charge in [-0.15, -0.1) is 0 Å². The van der Waals surface area contributed by atoms with Gasteiger partial charge >= 0.3 is 0 Å². The van der Waals surface area contributed by atoms with Crippen LogP contribution in [0, 0.1) is 23.1 Å². The summed E-state index contributed by atoms with van der Waals surface area (Å²) >= 11 is 0. The molecule has 1 atom stereocenters. The van der Waals surface area contributed by atoms with Gasteiger partial charge in [-0.3, -0.25) is 0 Å². The Kier molecular flexibility index (Phi) is 3.56. The summed E-state index contributed by atoms with van der Waals surface area (Å²) in [6.07, 6.45) is 2.71. The summed E-state index contributed by atoms with van der Waals surface area (Å²) in [6.45, 7) is 5.23. The molecule has 2 rings (SSSR count). The molecule has 1 aromatic rings. The molecule has 0 spiro atoms. The Balaban J connectivity index is 2.30. The Morgan fingerprint density at radius 2 is 2.28 bits per heavy atom. The average molecular weight is 246 g/mol. The molecule has 96 valence electrons. The second-order valence-electron chi connectivity index (χ2n) is 5.49. The monoisotopic (exact) mass is 246 g/mol. The predicted molar refractivity (Wildman–Crippen MR) is 70.8 cm³/mol. The number of piperidine rings is 1. The van der Waals surface area contributed by atoms with Gasteiger partial charge in [-0.1, -0.05) is 6.07 Å². The zero-order chi connectivity index (χ0) is 13.2. The third-order valence-corrected chi connectivity index (χ3v) is 4.09. The van der Waals surface area contributed by atoms with Gasteiger partial charge < -0.3 is 4.90 Å². The smallest absolute Gasteiger partial charge is 0.125 e. The summed E-state index contributed by atoms with van der Waals surface area (Å²) < 4.78 is 13.3. The van der Waals surface area contributed by atoms with Gasteiger partial charge in [-0.05, 0) is 50.8 Å². The number of halogens is 1. The van der Waals surface area contributed by atoms with Crippen molar-refractivity contribution >= 4 is 5.69 Å². The molecule has 1 saturated heterocycles. The highest BCUT2D eigenvalue weighted by molar-refractivity contribution is 5.49. The molecule has 0 aromatic heterocycles. The summed E-state index contributed by atoms with van der Waals surface area (Å²) in [5.74, 6) is 0.144. The first kappa shape index (κ1) is 12.9. The van der Waals surface area contributed by atoms with Crippen molar-refractivity contribution in [2.45, 2.75) is 38.6 Å². The van der Waals surface area contributed by atoms with E-state index in [0.29, 0.717) is 12.3 Å². The van der Waals surface area contributed by atoms with Crippen molar-refractivity contribution in [1.82, 2.24) is 0 Å². The van der Waals surface area contributed by atoms with Crippen molar-refractivity contribution in [3.05, 3.63) is 30.1 Å². The molecule has 0 aliphatic carbocycles. The van der Waals surface area contributed by atoms with Gasteiger partial charge in [0.05, 0.1) is 6.07 Å². The van der Waals surface area contributed by atoms with Gasteiger partial charge in [0.1, 0.15) is 5.82 Å². The van der Waals surface area contributed by atoms with Crippen LogP contribution in [0.15, 0.2) is 24.3 Å². The van der Waals surface area contributed by atoms with Crippen LogP contribution >= 0.6 is 0 Å². The number of nitriles is 1. The molecule has 0 N–H and O–H groups in total. The Bertz CT molecular complexity index is 462. The van der Waals surface area contributed by atoms with Crippen molar-refractivity contribution in [1.29, 1.82) is 5.26 Å². The van der Waals surface area contributed by atoms with Crippen molar-refractivity contribution < 1.29 is 4.39 Å². The zero-order valence-electron chi connectivity index (χ0n) is 11.0. The largest absolute Gasteiger partial charge is 0.366 e. The molecule has 0 saturated carbocycles. The molecule has 1 aliphatic rings. The lowest BCUT2D eigenvalue weighted by Crippen LogP contribution is -2.53. The molecule has 1 unspecified atom stereocenters. The maximum atomic E-state index is 13.3. The van der Waals surface area contributed by atoms with E-state index in [0.717, 1.165) is 25.1 Å². The van der Waals surface area contributed by atoms with Gasteiger partial charge in [0.2, 0.25) is 0 Å². The number of benzene rings is 1. The molecule has 3 heteroatoms. The standard InChI is InChI=1S/C15H19FN2/c1-15(2)12(8-9-17)5-4-10-18(15)14-7-3-6-13(16)11-14/h3,6-7,11-12H,4-5,8,10H2,1-2H3. The van der Waals surface area contributed by atoms with Gasteiger partial charge in [-0.2, -0.15) is 5.26 Å². The number of hydrogen-bond donors (Lipinski definition) is 0. The molecule has 1 aliphatic heterocycles. The molecule has 0 bridgehead atoms. The summed E-state index contributed by atoms with van der Waals surface area (Å²) in [5, 5.41) is 8.92. The van der Waals surface area contributed by atoms with Crippen molar-refractivity contribution in [2.75, 3.05) is 11.4 Å². The second-order valence-corrected chi connectivity index (χ2v) is 5.49. The highest BCUT2D eigenvalue weighted by Crippen LogP contribution is 2.38. The van der Waals surface area contributed by atoms with Crippen LogP contribution in [0.5, 0.6) is 0 Å². The first-order valence-corrected chi connectivity index (χ1v) is 6.46.